The molecule has 1 aliphatic heterocycles. The zero-order chi connectivity index (χ0) is 14.1. The number of aryl methyl sites for hydroxylation is 1. The van der Waals surface area contributed by atoms with Crippen LogP contribution in [0.3, 0.4) is 0 Å². The first kappa shape index (κ1) is 12.7. The van der Waals surface area contributed by atoms with Gasteiger partial charge in [0.1, 0.15) is 0 Å². The molecule has 0 aliphatic carbocycles. The fraction of sp³-hybridized carbons (Fsp3) is 0.385. The van der Waals surface area contributed by atoms with E-state index >= 15 is 0 Å². The van der Waals surface area contributed by atoms with Crippen molar-refractivity contribution in [3.05, 3.63) is 40.7 Å². The standard InChI is InChI=1S/C13H15N5O2/c1-17-15-12(14-16-17)8-18-5-4-9-2-3-10(13(19)20)6-11(9)7-18/h2-3,6H,4-5,7-8H2,1H3,(H,19,20). The van der Waals surface area contributed by atoms with Gasteiger partial charge in [-0.2, -0.15) is 4.80 Å². The number of hydrogen-bond acceptors (Lipinski definition) is 5. The predicted molar refractivity (Wildman–Crippen MR) is 70.0 cm³/mol. The van der Waals surface area contributed by atoms with Gasteiger partial charge in [-0.05, 0) is 34.9 Å². The van der Waals surface area contributed by atoms with Crippen LogP contribution in [0.1, 0.15) is 27.3 Å². The minimum absolute atomic E-state index is 0.336. The lowest BCUT2D eigenvalue weighted by Gasteiger charge is -2.27. The lowest BCUT2D eigenvalue weighted by atomic mass is 9.97. The number of aromatic carboxylic acids is 1. The zero-order valence-corrected chi connectivity index (χ0v) is 11.2. The van der Waals surface area contributed by atoms with Crippen molar-refractivity contribution in [3.63, 3.8) is 0 Å². The van der Waals surface area contributed by atoms with Gasteiger partial charge in [-0.3, -0.25) is 4.90 Å². The number of carbonyl (C=O) groups is 1. The molecule has 0 amide bonds. The molecule has 0 radical (unpaired) electrons. The van der Waals surface area contributed by atoms with E-state index in [0.29, 0.717) is 24.5 Å². The van der Waals surface area contributed by atoms with Crippen molar-refractivity contribution in [2.24, 2.45) is 7.05 Å². The summed E-state index contributed by atoms with van der Waals surface area (Å²) in [5.41, 5.74) is 2.63. The average molecular weight is 273 g/mol. The third-order valence-electron chi connectivity index (χ3n) is 3.46. The fourth-order valence-electron chi connectivity index (χ4n) is 2.47. The van der Waals surface area contributed by atoms with Crippen LogP contribution >= 0.6 is 0 Å². The van der Waals surface area contributed by atoms with Crippen molar-refractivity contribution in [3.8, 4) is 0 Å². The van der Waals surface area contributed by atoms with E-state index in [-0.39, 0.29) is 0 Å². The number of carboxylic acid groups (broad SMARTS) is 1. The van der Waals surface area contributed by atoms with Crippen LogP contribution in [0.2, 0.25) is 0 Å². The summed E-state index contributed by atoms with van der Waals surface area (Å²) in [4.78, 5) is 14.7. The smallest absolute Gasteiger partial charge is 0.335 e. The minimum Gasteiger partial charge on any atom is -0.478 e. The van der Waals surface area contributed by atoms with Gasteiger partial charge < -0.3 is 5.11 Å². The van der Waals surface area contributed by atoms with E-state index in [2.05, 4.69) is 20.3 Å². The largest absolute Gasteiger partial charge is 0.478 e. The molecule has 0 fully saturated rings. The van der Waals surface area contributed by atoms with Gasteiger partial charge in [0, 0.05) is 13.1 Å². The Labute approximate surface area is 115 Å². The van der Waals surface area contributed by atoms with Crippen LogP contribution in [0.4, 0.5) is 0 Å². The second-order valence-corrected chi connectivity index (χ2v) is 4.94. The normalized spacial score (nSPS) is 15.1. The highest BCUT2D eigenvalue weighted by Gasteiger charge is 2.19. The van der Waals surface area contributed by atoms with Crippen LogP contribution in [0.25, 0.3) is 0 Å². The highest BCUT2D eigenvalue weighted by molar-refractivity contribution is 5.87. The van der Waals surface area contributed by atoms with Crippen LogP contribution in [0.5, 0.6) is 0 Å². The Hall–Kier alpha value is -2.28. The molecule has 7 nitrogen and oxygen atoms in total. The SMILES string of the molecule is Cn1nnc(CN2CCc3ccc(C(=O)O)cc3C2)n1. The summed E-state index contributed by atoms with van der Waals surface area (Å²) in [6.07, 6.45) is 0.912. The summed E-state index contributed by atoms with van der Waals surface area (Å²) in [5.74, 6) is -0.203. The summed E-state index contributed by atoms with van der Waals surface area (Å²) in [7, 11) is 1.74. The number of fused-ring (bicyclic) bond motifs is 1. The van der Waals surface area contributed by atoms with Crippen molar-refractivity contribution < 1.29 is 9.90 Å². The van der Waals surface area contributed by atoms with Crippen LogP contribution in [-0.2, 0) is 26.6 Å². The second-order valence-electron chi connectivity index (χ2n) is 4.94. The lowest BCUT2D eigenvalue weighted by molar-refractivity contribution is 0.0696. The Balaban J connectivity index is 1.76. The van der Waals surface area contributed by atoms with E-state index in [1.807, 2.05) is 6.07 Å². The molecule has 0 saturated carbocycles. The highest BCUT2D eigenvalue weighted by Crippen LogP contribution is 2.21. The number of hydrogen-bond donors (Lipinski definition) is 1. The number of rotatable bonds is 3. The summed E-state index contributed by atoms with van der Waals surface area (Å²) >= 11 is 0. The molecular formula is C13H15N5O2. The third kappa shape index (κ3) is 2.53. The van der Waals surface area contributed by atoms with Crippen molar-refractivity contribution in [2.45, 2.75) is 19.5 Å². The zero-order valence-electron chi connectivity index (χ0n) is 11.2. The van der Waals surface area contributed by atoms with E-state index in [1.165, 1.54) is 10.4 Å². The third-order valence-corrected chi connectivity index (χ3v) is 3.46. The molecule has 0 unspecified atom stereocenters. The van der Waals surface area contributed by atoms with E-state index < -0.39 is 5.97 Å². The van der Waals surface area contributed by atoms with Crippen LogP contribution < -0.4 is 0 Å². The number of nitrogens with zero attached hydrogens (tertiary/aromatic N) is 5. The van der Waals surface area contributed by atoms with Crippen molar-refractivity contribution in [1.82, 2.24) is 25.1 Å². The molecule has 104 valence electrons. The monoisotopic (exact) mass is 273 g/mol. The highest BCUT2D eigenvalue weighted by atomic mass is 16.4. The van der Waals surface area contributed by atoms with Gasteiger partial charge in [-0.1, -0.05) is 6.07 Å². The van der Waals surface area contributed by atoms with Crippen LogP contribution in [0, 0.1) is 0 Å². The molecule has 1 aromatic carbocycles. The van der Waals surface area contributed by atoms with Gasteiger partial charge in [0.25, 0.3) is 0 Å². The first-order valence-electron chi connectivity index (χ1n) is 6.42. The molecule has 0 bridgehead atoms. The van der Waals surface area contributed by atoms with E-state index in [1.54, 1.807) is 19.2 Å². The van der Waals surface area contributed by atoms with Gasteiger partial charge in [-0.25, -0.2) is 4.79 Å². The van der Waals surface area contributed by atoms with Gasteiger partial charge >= 0.3 is 5.97 Å². The molecule has 2 heterocycles. The van der Waals surface area contributed by atoms with Gasteiger partial charge in [0.05, 0.1) is 19.2 Å². The molecule has 7 heteroatoms. The fourth-order valence-corrected chi connectivity index (χ4v) is 2.47. The Morgan fingerprint density at radius 2 is 2.25 bits per heavy atom. The number of aromatic nitrogens is 4. The topological polar surface area (TPSA) is 84.1 Å². The van der Waals surface area contributed by atoms with E-state index in [4.69, 9.17) is 5.11 Å². The first-order chi connectivity index (χ1) is 9.61. The molecule has 1 aliphatic rings. The second kappa shape index (κ2) is 5.01. The van der Waals surface area contributed by atoms with Crippen LogP contribution in [0.15, 0.2) is 18.2 Å². The summed E-state index contributed by atoms with van der Waals surface area (Å²) < 4.78 is 0. The average Bonchev–Trinajstić information content (AvgIpc) is 2.83. The molecule has 2 aromatic rings. The quantitative estimate of drug-likeness (QED) is 0.875. The molecule has 1 aromatic heterocycles. The predicted octanol–water partition coefficient (Wildman–Crippen LogP) is 0.467. The maximum absolute atomic E-state index is 11.0. The summed E-state index contributed by atoms with van der Waals surface area (Å²) in [5, 5.41) is 21.0. The Morgan fingerprint density at radius 1 is 1.40 bits per heavy atom. The Morgan fingerprint density at radius 3 is 2.95 bits per heavy atom. The van der Waals surface area contributed by atoms with Crippen molar-refractivity contribution >= 4 is 5.97 Å². The number of tetrazole rings is 1. The lowest BCUT2D eigenvalue weighted by Crippen LogP contribution is -2.30. The van der Waals surface area contributed by atoms with Gasteiger partial charge in [0.15, 0.2) is 5.82 Å². The Kier molecular flexibility index (Phi) is 3.19. The molecule has 0 saturated heterocycles. The van der Waals surface area contributed by atoms with Crippen LogP contribution in [-0.4, -0.2) is 42.7 Å². The van der Waals surface area contributed by atoms with Gasteiger partial charge in [0.2, 0.25) is 0 Å². The number of carboxylic acids is 1. The maximum Gasteiger partial charge on any atom is 0.335 e. The molecule has 3 rings (SSSR count). The van der Waals surface area contributed by atoms with E-state index in [0.717, 1.165) is 18.5 Å². The maximum atomic E-state index is 11.0. The first-order valence-corrected chi connectivity index (χ1v) is 6.42. The van der Waals surface area contributed by atoms with Gasteiger partial charge in [-0.15, -0.1) is 10.2 Å². The summed E-state index contributed by atoms with van der Waals surface area (Å²) in [6, 6.07) is 5.34. The van der Waals surface area contributed by atoms with Crippen molar-refractivity contribution in [1.29, 1.82) is 0 Å². The minimum atomic E-state index is -0.888. The molecule has 0 spiro atoms. The molecule has 20 heavy (non-hydrogen) atoms. The molecule has 0 atom stereocenters. The van der Waals surface area contributed by atoms with Crippen molar-refractivity contribution in [2.75, 3.05) is 6.54 Å². The molecule has 1 N–H and O–H groups in total. The number of benzene rings is 1. The van der Waals surface area contributed by atoms with E-state index in [9.17, 15) is 4.79 Å². The summed E-state index contributed by atoms with van der Waals surface area (Å²) in [6.45, 7) is 2.26. The molecular weight excluding hydrogens is 258 g/mol. The Bertz CT molecular complexity index is 652.